The Morgan fingerprint density at radius 1 is 0.434 bits per heavy atom. The smallest absolute Gasteiger partial charge is 0.0468 e. The molecule has 8 aromatic rings. The zero-order chi connectivity index (χ0) is 36.1. The van der Waals surface area contributed by atoms with Gasteiger partial charge in [0.15, 0.2) is 0 Å². The minimum Gasteiger partial charge on any atom is -0.310 e. The van der Waals surface area contributed by atoms with Gasteiger partial charge in [-0.25, -0.2) is 0 Å². The predicted octanol–water partition coefficient (Wildman–Crippen LogP) is 14.9. The molecule has 1 aliphatic carbocycles. The number of nitrogens with zero attached hydrogens (tertiary/aromatic N) is 1. The highest BCUT2D eigenvalue weighted by Gasteiger charge is 2.23. The van der Waals surface area contributed by atoms with E-state index in [-0.39, 0.29) is 0 Å². The second-order valence-corrected chi connectivity index (χ2v) is 14.8. The molecule has 0 atom stereocenters. The predicted molar refractivity (Wildman–Crippen MR) is 230 cm³/mol. The van der Waals surface area contributed by atoms with E-state index < -0.39 is 0 Å². The van der Waals surface area contributed by atoms with Crippen LogP contribution in [0.5, 0.6) is 0 Å². The normalized spacial score (nSPS) is 12.8. The number of fused-ring (bicyclic) bond motifs is 6. The summed E-state index contributed by atoms with van der Waals surface area (Å²) in [4.78, 5) is 2.45. The van der Waals surface area contributed by atoms with Crippen LogP contribution in [0.1, 0.15) is 40.7 Å². The molecule has 8 aromatic carbocycles. The van der Waals surface area contributed by atoms with Crippen molar-refractivity contribution in [2.24, 2.45) is 0 Å². The Bertz CT molecular complexity index is 2660. The van der Waals surface area contributed by atoms with Gasteiger partial charge in [0.05, 0.1) is 0 Å². The van der Waals surface area contributed by atoms with E-state index in [9.17, 15) is 0 Å². The van der Waals surface area contributed by atoms with Crippen molar-refractivity contribution in [1.82, 2.24) is 0 Å². The molecule has 0 fully saturated rings. The topological polar surface area (TPSA) is 3.24 Å². The monoisotopic (exact) mass is 681 g/mol. The van der Waals surface area contributed by atoms with Gasteiger partial charge in [0.2, 0.25) is 0 Å². The third kappa shape index (κ3) is 5.93. The fourth-order valence-corrected chi connectivity index (χ4v) is 8.72. The number of aryl methyl sites for hydroxylation is 4. The van der Waals surface area contributed by atoms with E-state index in [0.717, 1.165) is 18.5 Å². The summed E-state index contributed by atoms with van der Waals surface area (Å²) in [6, 6.07) is 54.5. The summed E-state index contributed by atoms with van der Waals surface area (Å²) in [5.74, 6) is 0. The molecule has 0 spiro atoms. The highest BCUT2D eigenvalue weighted by molar-refractivity contribution is 6.32. The minimum atomic E-state index is 1.02. The van der Waals surface area contributed by atoms with Crippen molar-refractivity contribution in [1.29, 1.82) is 0 Å². The first-order valence-corrected chi connectivity index (χ1v) is 18.8. The molecule has 1 heteroatoms. The van der Waals surface area contributed by atoms with Crippen LogP contribution in [-0.4, -0.2) is 0 Å². The largest absolute Gasteiger partial charge is 0.310 e. The second kappa shape index (κ2) is 13.4. The average molecular weight is 682 g/mol. The molecule has 0 aromatic heterocycles. The fourth-order valence-electron chi connectivity index (χ4n) is 8.72. The first-order chi connectivity index (χ1) is 25.9. The van der Waals surface area contributed by atoms with Crippen molar-refractivity contribution in [2.75, 3.05) is 4.90 Å². The Hall–Kier alpha value is -6.18. The molecule has 0 amide bonds. The molecule has 0 heterocycles. The lowest BCUT2D eigenvalue weighted by atomic mass is 9.80. The first-order valence-electron chi connectivity index (χ1n) is 18.8. The highest BCUT2D eigenvalue weighted by atomic mass is 15.1. The van der Waals surface area contributed by atoms with Gasteiger partial charge in [0.25, 0.3) is 0 Å². The van der Waals surface area contributed by atoms with Gasteiger partial charge >= 0.3 is 0 Å². The molecule has 1 aliphatic rings. The number of allylic oxidation sites excluding steroid dienone is 4. The Labute approximate surface area is 313 Å². The Morgan fingerprint density at radius 2 is 1.00 bits per heavy atom. The second-order valence-electron chi connectivity index (χ2n) is 14.8. The maximum atomic E-state index is 2.49. The molecule has 53 heavy (non-hydrogen) atoms. The fraction of sp³-hybridized carbons (Fsp3) is 0.115. The van der Waals surface area contributed by atoms with E-state index in [1.54, 1.807) is 0 Å². The van der Waals surface area contributed by atoms with Crippen LogP contribution in [0.2, 0.25) is 0 Å². The number of hydrogen-bond acceptors (Lipinski definition) is 1. The SMILES string of the molecule is Cc1cc(C)cc(N(c2cc(C)cc(C)c2)c2ccc3c(c2)c2ccccc2c2c(C4=CC=CCC4)cc(-c4ccccc4)c(-c4ccccc4)c32)c1. The number of hydrogen-bond donors (Lipinski definition) is 0. The van der Waals surface area contributed by atoms with Gasteiger partial charge in [-0.15, -0.1) is 0 Å². The molecule has 0 saturated heterocycles. The van der Waals surface area contributed by atoms with Crippen LogP contribution in [0.3, 0.4) is 0 Å². The van der Waals surface area contributed by atoms with Gasteiger partial charge in [0.1, 0.15) is 0 Å². The van der Waals surface area contributed by atoms with Crippen molar-refractivity contribution in [3.05, 3.63) is 192 Å². The zero-order valence-electron chi connectivity index (χ0n) is 30.9. The Balaban J connectivity index is 1.45. The molecule has 0 N–H and O–H groups in total. The zero-order valence-corrected chi connectivity index (χ0v) is 30.9. The summed E-state index contributed by atoms with van der Waals surface area (Å²) in [6.07, 6.45) is 8.94. The maximum absolute atomic E-state index is 2.49. The van der Waals surface area contributed by atoms with Crippen molar-refractivity contribution in [2.45, 2.75) is 40.5 Å². The minimum absolute atomic E-state index is 1.02. The summed E-state index contributed by atoms with van der Waals surface area (Å²) >= 11 is 0. The lowest BCUT2D eigenvalue weighted by molar-refractivity contribution is 1.06. The van der Waals surface area contributed by atoms with Gasteiger partial charge < -0.3 is 4.90 Å². The molecule has 0 saturated carbocycles. The van der Waals surface area contributed by atoms with Crippen LogP contribution in [0.4, 0.5) is 17.1 Å². The molecule has 0 unspecified atom stereocenters. The van der Waals surface area contributed by atoms with Gasteiger partial charge in [-0.1, -0.05) is 121 Å². The molecule has 256 valence electrons. The van der Waals surface area contributed by atoms with Crippen LogP contribution in [0.15, 0.2) is 164 Å². The lowest BCUT2D eigenvalue weighted by Crippen LogP contribution is -2.11. The summed E-state index contributed by atoms with van der Waals surface area (Å²) < 4.78 is 0. The summed E-state index contributed by atoms with van der Waals surface area (Å²) in [6.45, 7) is 8.78. The van der Waals surface area contributed by atoms with Crippen LogP contribution >= 0.6 is 0 Å². The standard InChI is InChI=1S/C52H43N/c1-34-26-35(2)29-42(28-34)53(43-30-36(3)27-37(4)31-43)41-24-25-46-49(32-41)44-22-14-15-23-45(44)51-48(39-18-10-6-11-19-39)33-47(38-16-8-5-9-17-38)50(52(46)51)40-20-12-7-13-21-40/h5-10,12-18,20-33H,11,19H2,1-4H3. The van der Waals surface area contributed by atoms with E-state index in [2.05, 4.69) is 196 Å². The van der Waals surface area contributed by atoms with Crippen LogP contribution in [0, 0.1) is 27.7 Å². The molecule has 0 bridgehead atoms. The van der Waals surface area contributed by atoms with E-state index in [1.165, 1.54) is 99.3 Å². The molecule has 9 rings (SSSR count). The molecule has 0 radical (unpaired) electrons. The Morgan fingerprint density at radius 3 is 1.60 bits per heavy atom. The molecular formula is C52H43N. The van der Waals surface area contributed by atoms with E-state index in [1.807, 2.05) is 0 Å². The van der Waals surface area contributed by atoms with Crippen LogP contribution in [-0.2, 0) is 0 Å². The third-order valence-electron chi connectivity index (χ3n) is 10.8. The summed E-state index contributed by atoms with van der Waals surface area (Å²) in [7, 11) is 0. The first kappa shape index (κ1) is 32.7. The summed E-state index contributed by atoms with van der Waals surface area (Å²) in [5, 5.41) is 7.74. The van der Waals surface area contributed by atoms with Crippen LogP contribution < -0.4 is 4.90 Å². The number of rotatable bonds is 6. The van der Waals surface area contributed by atoms with Gasteiger partial charge in [-0.05, 0) is 171 Å². The lowest BCUT2D eigenvalue weighted by Gasteiger charge is -2.28. The van der Waals surface area contributed by atoms with Gasteiger partial charge in [-0.2, -0.15) is 0 Å². The van der Waals surface area contributed by atoms with Crippen molar-refractivity contribution in [3.8, 4) is 22.3 Å². The average Bonchev–Trinajstić information content (AvgIpc) is 3.17. The number of anilines is 3. The quantitative estimate of drug-likeness (QED) is 0.158. The van der Waals surface area contributed by atoms with Crippen molar-refractivity contribution < 1.29 is 0 Å². The van der Waals surface area contributed by atoms with E-state index in [4.69, 9.17) is 0 Å². The van der Waals surface area contributed by atoms with Crippen LogP contribution in [0.25, 0.3) is 60.1 Å². The summed E-state index contributed by atoms with van der Waals surface area (Å²) in [5.41, 5.74) is 16.3. The maximum Gasteiger partial charge on any atom is 0.0468 e. The van der Waals surface area contributed by atoms with Gasteiger partial charge in [-0.3, -0.25) is 0 Å². The molecular weight excluding hydrogens is 639 g/mol. The number of benzene rings is 8. The molecule has 1 nitrogen and oxygen atoms in total. The van der Waals surface area contributed by atoms with E-state index >= 15 is 0 Å². The van der Waals surface area contributed by atoms with Crippen molar-refractivity contribution >= 4 is 55.0 Å². The molecule has 0 aliphatic heterocycles. The van der Waals surface area contributed by atoms with Crippen molar-refractivity contribution in [3.63, 3.8) is 0 Å². The van der Waals surface area contributed by atoms with E-state index in [0.29, 0.717) is 0 Å². The van der Waals surface area contributed by atoms with Gasteiger partial charge in [0, 0.05) is 17.1 Å². The highest BCUT2D eigenvalue weighted by Crippen LogP contribution is 2.50. The Kier molecular flexibility index (Phi) is 8.28. The third-order valence-corrected chi connectivity index (χ3v) is 10.8.